The first-order chi connectivity index (χ1) is 11.6. The Kier molecular flexibility index (Phi) is 3.49. The zero-order valence-electron chi connectivity index (χ0n) is 13.4. The van der Waals surface area contributed by atoms with Crippen LogP contribution in [0.5, 0.6) is 5.75 Å². The maximum absolute atomic E-state index is 12.6. The van der Waals surface area contributed by atoms with Crippen LogP contribution in [-0.2, 0) is 11.2 Å². The van der Waals surface area contributed by atoms with E-state index in [-0.39, 0.29) is 17.9 Å². The fraction of sp³-hybridized carbons (Fsp3) is 0.263. The zero-order chi connectivity index (χ0) is 16.7. The highest BCUT2D eigenvalue weighted by Gasteiger charge is 2.27. The van der Waals surface area contributed by atoms with Crippen LogP contribution in [0.25, 0.3) is 0 Å². The summed E-state index contributed by atoms with van der Waals surface area (Å²) >= 11 is 0. The van der Waals surface area contributed by atoms with Gasteiger partial charge in [0.2, 0.25) is 5.91 Å². The standard InChI is InChI=1S/C19H18N2O3/c1-12(22)21-9-8-13-10-14(6-7-17(13)21)19(23)20-16-11-24-18-5-3-2-4-15(16)18/h2-7,10,16H,8-9,11H2,1H3,(H,20,23). The van der Waals surface area contributed by atoms with Crippen LogP contribution in [0.15, 0.2) is 42.5 Å². The third-order valence-electron chi connectivity index (χ3n) is 4.62. The highest BCUT2D eigenvalue weighted by molar-refractivity contribution is 5.98. The van der Waals surface area contributed by atoms with Gasteiger partial charge in [-0.05, 0) is 36.2 Å². The number of fused-ring (bicyclic) bond motifs is 2. The molecule has 5 heteroatoms. The molecule has 0 bridgehead atoms. The van der Waals surface area contributed by atoms with E-state index in [1.54, 1.807) is 17.9 Å². The van der Waals surface area contributed by atoms with E-state index in [1.165, 1.54) is 0 Å². The van der Waals surface area contributed by atoms with Crippen molar-refractivity contribution >= 4 is 17.5 Å². The summed E-state index contributed by atoms with van der Waals surface area (Å²) in [5.74, 6) is 0.740. The monoisotopic (exact) mass is 322 g/mol. The number of ether oxygens (including phenoxy) is 1. The van der Waals surface area contributed by atoms with Gasteiger partial charge in [0, 0.05) is 30.3 Å². The number of anilines is 1. The molecule has 2 aromatic carbocycles. The van der Waals surface area contributed by atoms with E-state index >= 15 is 0 Å². The van der Waals surface area contributed by atoms with Crippen molar-refractivity contribution < 1.29 is 14.3 Å². The summed E-state index contributed by atoms with van der Waals surface area (Å²) < 4.78 is 5.60. The van der Waals surface area contributed by atoms with Gasteiger partial charge in [-0.1, -0.05) is 18.2 Å². The second-order valence-corrected chi connectivity index (χ2v) is 6.14. The van der Waals surface area contributed by atoms with Gasteiger partial charge in [0.15, 0.2) is 0 Å². The summed E-state index contributed by atoms with van der Waals surface area (Å²) in [5.41, 5.74) is 3.58. The number of benzene rings is 2. The van der Waals surface area contributed by atoms with Crippen molar-refractivity contribution in [3.63, 3.8) is 0 Å². The number of nitrogens with zero attached hydrogens (tertiary/aromatic N) is 1. The van der Waals surface area contributed by atoms with Gasteiger partial charge in [0.25, 0.3) is 5.91 Å². The second kappa shape index (κ2) is 5.67. The molecule has 4 rings (SSSR count). The van der Waals surface area contributed by atoms with Gasteiger partial charge >= 0.3 is 0 Å². The summed E-state index contributed by atoms with van der Waals surface area (Å²) in [6, 6.07) is 13.1. The van der Waals surface area contributed by atoms with E-state index < -0.39 is 0 Å². The van der Waals surface area contributed by atoms with Crippen LogP contribution in [0.2, 0.25) is 0 Å². The molecule has 2 aliphatic heterocycles. The smallest absolute Gasteiger partial charge is 0.251 e. The predicted octanol–water partition coefficient (Wildman–Crippen LogP) is 2.46. The Morgan fingerprint density at radius 2 is 2.04 bits per heavy atom. The van der Waals surface area contributed by atoms with Gasteiger partial charge in [-0.15, -0.1) is 0 Å². The number of carbonyl (C=O) groups is 2. The molecule has 0 spiro atoms. The Balaban J connectivity index is 1.53. The molecule has 0 saturated heterocycles. The third kappa shape index (κ3) is 2.42. The molecule has 2 heterocycles. The number of hydrogen-bond acceptors (Lipinski definition) is 3. The minimum absolute atomic E-state index is 0.0330. The molecule has 2 aliphatic rings. The number of amides is 2. The van der Waals surface area contributed by atoms with Gasteiger partial charge in [-0.2, -0.15) is 0 Å². The zero-order valence-corrected chi connectivity index (χ0v) is 13.4. The normalized spacial score (nSPS) is 17.9. The Morgan fingerprint density at radius 1 is 1.21 bits per heavy atom. The van der Waals surface area contributed by atoms with Crippen LogP contribution >= 0.6 is 0 Å². The van der Waals surface area contributed by atoms with Crippen LogP contribution in [0.4, 0.5) is 5.69 Å². The van der Waals surface area contributed by atoms with Crippen molar-refractivity contribution in [1.82, 2.24) is 5.32 Å². The lowest BCUT2D eigenvalue weighted by molar-refractivity contribution is -0.116. The summed E-state index contributed by atoms with van der Waals surface area (Å²) in [4.78, 5) is 25.9. The molecule has 0 fully saturated rings. The number of carbonyl (C=O) groups excluding carboxylic acids is 2. The fourth-order valence-corrected chi connectivity index (χ4v) is 3.39. The van der Waals surface area contributed by atoms with Crippen molar-refractivity contribution in [1.29, 1.82) is 0 Å². The minimum Gasteiger partial charge on any atom is -0.491 e. The number of rotatable bonds is 2. The average Bonchev–Trinajstić information content (AvgIpc) is 3.18. The largest absolute Gasteiger partial charge is 0.491 e. The van der Waals surface area contributed by atoms with E-state index in [9.17, 15) is 9.59 Å². The first-order valence-electron chi connectivity index (χ1n) is 8.07. The number of hydrogen-bond donors (Lipinski definition) is 1. The van der Waals surface area contributed by atoms with Gasteiger partial charge < -0.3 is 15.0 Å². The highest BCUT2D eigenvalue weighted by atomic mass is 16.5. The predicted molar refractivity (Wildman–Crippen MR) is 90.3 cm³/mol. The van der Waals surface area contributed by atoms with E-state index in [1.807, 2.05) is 36.4 Å². The molecule has 5 nitrogen and oxygen atoms in total. The molecule has 122 valence electrons. The average molecular weight is 322 g/mol. The van der Waals surface area contributed by atoms with Crippen LogP contribution < -0.4 is 15.0 Å². The number of nitrogens with one attached hydrogen (secondary N) is 1. The van der Waals surface area contributed by atoms with E-state index in [4.69, 9.17) is 4.74 Å². The van der Waals surface area contributed by atoms with Gasteiger partial charge in [0.05, 0.1) is 6.04 Å². The van der Waals surface area contributed by atoms with Gasteiger partial charge in [-0.3, -0.25) is 9.59 Å². The van der Waals surface area contributed by atoms with Crippen LogP contribution in [-0.4, -0.2) is 25.0 Å². The van der Waals surface area contributed by atoms with Crippen molar-refractivity contribution in [2.75, 3.05) is 18.1 Å². The van der Waals surface area contributed by atoms with Gasteiger partial charge in [-0.25, -0.2) is 0 Å². The van der Waals surface area contributed by atoms with E-state index in [2.05, 4.69) is 5.32 Å². The summed E-state index contributed by atoms with van der Waals surface area (Å²) in [5, 5.41) is 3.03. The molecule has 1 N–H and O–H groups in total. The Hall–Kier alpha value is -2.82. The quantitative estimate of drug-likeness (QED) is 0.924. The van der Waals surface area contributed by atoms with Crippen molar-refractivity contribution in [3.05, 3.63) is 59.2 Å². The Labute approximate surface area is 140 Å². The van der Waals surface area contributed by atoms with Crippen molar-refractivity contribution in [2.45, 2.75) is 19.4 Å². The molecule has 0 saturated carbocycles. The van der Waals surface area contributed by atoms with Crippen LogP contribution in [0, 0.1) is 0 Å². The maximum Gasteiger partial charge on any atom is 0.251 e. The lowest BCUT2D eigenvalue weighted by Gasteiger charge is -2.15. The molecule has 2 amide bonds. The summed E-state index contributed by atoms with van der Waals surface area (Å²) in [6.07, 6.45) is 0.783. The first kappa shape index (κ1) is 14.8. The molecule has 0 aliphatic carbocycles. The SMILES string of the molecule is CC(=O)N1CCc2cc(C(=O)NC3COc4ccccc43)ccc21. The molecular weight excluding hydrogens is 304 g/mol. The molecule has 2 aromatic rings. The highest BCUT2D eigenvalue weighted by Crippen LogP contribution is 2.32. The second-order valence-electron chi connectivity index (χ2n) is 6.14. The van der Waals surface area contributed by atoms with E-state index in [0.717, 1.165) is 29.0 Å². The molecule has 1 unspecified atom stereocenters. The molecule has 1 atom stereocenters. The van der Waals surface area contributed by atoms with Crippen LogP contribution in [0.3, 0.4) is 0 Å². The first-order valence-corrected chi connectivity index (χ1v) is 8.07. The Morgan fingerprint density at radius 3 is 2.88 bits per heavy atom. The fourth-order valence-electron chi connectivity index (χ4n) is 3.39. The van der Waals surface area contributed by atoms with Crippen molar-refractivity contribution in [3.8, 4) is 5.75 Å². The third-order valence-corrected chi connectivity index (χ3v) is 4.62. The van der Waals surface area contributed by atoms with Crippen molar-refractivity contribution in [2.24, 2.45) is 0 Å². The summed E-state index contributed by atoms with van der Waals surface area (Å²) in [6.45, 7) is 2.70. The Bertz CT molecular complexity index is 831. The lowest BCUT2D eigenvalue weighted by atomic mass is 10.1. The lowest BCUT2D eigenvalue weighted by Crippen LogP contribution is -2.29. The number of para-hydroxylation sites is 1. The maximum atomic E-state index is 12.6. The van der Waals surface area contributed by atoms with Gasteiger partial charge in [0.1, 0.15) is 12.4 Å². The van der Waals surface area contributed by atoms with Crippen LogP contribution in [0.1, 0.15) is 34.5 Å². The molecular formula is C19H18N2O3. The topological polar surface area (TPSA) is 58.6 Å². The summed E-state index contributed by atoms with van der Waals surface area (Å²) in [7, 11) is 0. The molecule has 0 aromatic heterocycles. The molecule has 0 radical (unpaired) electrons. The molecule has 24 heavy (non-hydrogen) atoms. The van der Waals surface area contributed by atoms with E-state index in [0.29, 0.717) is 18.7 Å². The minimum atomic E-state index is -0.129.